The summed E-state index contributed by atoms with van der Waals surface area (Å²) in [4.78, 5) is 7.28. The van der Waals surface area contributed by atoms with Crippen LogP contribution in [0.1, 0.15) is 12.0 Å². The van der Waals surface area contributed by atoms with Crippen LogP contribution in [0, 0.1) is 11.8 Å². The van der Waals surface area contributed by atoms with Gasteiger partial charge in [-0.15, -0.1) is 0 Å². The van der Waals surface area contributed by atoms with E-state index in [9.17, 15) is 0 Å². The van der Waals surface area contributed by atoms with Gasteiger partial charge in [0.25, 0.3) is 0 Å². The lowest BCUT2D eigenvalue weighted by molar-refractivity contribution is 0.818. The molecule has 2 aromatic heterocycles. The lowest BCUT2D eigenvalue weighted by Crippen LogP contribution is -2.05. The van der Waals surface area contributed by atoms with Crippen LogP contribution in [-0.4, -0.2) is 23.6 Å². The van der Waals surface area contributed by atoms with Crippen molar-refractivity contribution >= 4 is 11.0 Å². The number of fused-ring (bicyclic) bond motifs is 1. The molecule has 3 nitrogen and oxygen atoms in total. The van der Waals surface area contributed by atoms with E-state index in [-0.39, 0.29) is 0 Å². The average molecular weight is 199 g/mol. The topological polar surface area (TPSA) is 40.7 Å². The Morgan fingerprint density at radius 2 is 2.40 bits per heavy atom. The van der Waals surface area contributed by atoms with E-state index in [1.807, 2.05) is 25.4 Å². The Kier molecular flexibility index (Phi) is 3.01. The van der Waals surface area contributed by atoms with Crippen LogP contribution in [0.15, 0.2) is 24.5 Å². The molecule has 0 fully saturated rings. The fourth-order valence-corrected chi connectivity index (χ4v) is 1.42. The molecule has 0 bridgehead atoms. The number of nitrogens with zero attached hydrogens (tertiary/aromatic N) is 1. The highest BCUT2D eigenvalue weighted by Crippen LogP contribution is 2.13. The summed E-state index contributed by atoms with van der Waals surface area (Å²) in [5.41, 5.74) is 1.94. The van der Waals surface area contributed by atoms with E-state index in [2.05, 4.69) is 27.1 Å². The molecule has 2 heterocycles. The molecule has 76 valence electrons. The number of nitrogens with one attached hydrogen (secondary N) is 2. The van der Waals surface area contributed by atoms with Gasteiger partial charge < -0.3 is 10.3 Å². The molecule has 0 saturated carbocycles. The summed E-state index contributed by atoms with van der Waals surface area (Å²) in [6.45, 7) is 0.925. The minimum absolute atomic E-state index is 0.866. The second-order valence-corrected chi connectivity index (χ2v) is 3.25. The molecule has 0 spiro atoms. The fourth-order valence-electron chi connectivity index (χ4n) is 1.42. The second-order valence-electron chi connectivity index (χ2n) is 3.25. The molecule has 0 atom stereocenters. The van der Waals surface area contributed by atoms with Gasteiger partial charge in [-0.25, -0.2) is 4.98 Å². The number of hydrogen-bond donors (Lipinski definition) is 2. The third kappa shape index (κ3) is 2.17. The Morgan fingerprint density at radius 3 is 3.27 bits per heavy atom. The largest absolute Gasteiger partial charge is 0.346 e. The zero-order valence-electron chi connectivity index (χ0n) is 8.67. The van der Waals surface area contributed by atoms with E-state index in [1.165, 1.54) is 0 Å². The molecule has 2 N–H and O–H groups in total. The van der Waals surface area contributed by atoms with Gasteiger partial charge in [-0.1, -0.05) is 11.8 Å². The van der Waals surface area contributed by atoms with E-state index in [0.717, 1.165) is 29.6 Å². The highest BCUT2D eigenvalue weighted by molar-refractivity contribution is 5.82. The summed E-state index contributed by atoms with van der Waals surface area (Å²) in [6, 6.07) is 3.95. The summed E-state index contributed by atoms with van der Waals surface area (Å²) in [6.07, 6.45) is 4.53. The van der Waals surface area contributed by atoms with Crippen LogP contribution in [0.5, 0.6) is 0 Å². The molecule has 0 aliphatic rings. The maximum atomic E-state index is 4.21. The monoisotopic (exact) mass is 199 g/mol. The second kappa shape index (κ2) is 4.63. The molecule has 2 rings (SSSR count). The maximum absolute atomic E-state index is 4.21. The van der Waals surface area contributed by atoms with Gasteiger partial charge >= 0.3 is 0 Å². The highest BCUT2D eigenvalue weighted by Gasteiger charge is 1.98. The van der Waals surface area contributed by atoms with Crippen molar-refractivity contribution in [3.8, 4) is 11.8 Å². The quantitative estimate of drug-likeness (QED) is 0.568. The van der Waals surface area contributed by atoms with Gasteiger partial charge in [-0.2, -0.15) is 0 Å². The Morgan fingerprint density at radius 1 is 1.47 bits per heavy atom. The normalized spacial score (nSPS) is 9.93. The zero-order valence-corrected chi connectivity index (χ0v) is 8.67. The van der Waals surface area contributed by atoms with Gasteiger partial charge in [0, 0.05) is 36.3 Å². The molecule has 3 heteroatoms. The third-order valence-electron chi connectivity index (χ3n) is 2.18. The van der Waals surface area contributed by atoms with Gasteiger partial charge in [0.1, 0.15) is 5.65 Å². The lowest BCUT2D eigenvalue weighted by atomic mass is 10.2. The van der Waals surface area contributed by atoms with Crippen molar-refractivity contribution in [1.82, 2.24) is 15.3 Å². The minimum Gasteiger partial charge on any atom is -0.346 e. The van der Waals surface area contributed by atoms with E-state index in [0.29, 0.717) is 0 Å². The smallest absolute Gasteiger partial charge is 0.138 e. The van der Waals surface area contributed by atoms with E-state index >= 15 is 0 Å². The summed E-state index contributed by atoms with van der Waals surface area (Å²) in [5, 5.41) is 4.16. The minimum atomic E-state index is 0.866. The number of aromatic amines is 1. The average Bonchev–Trinajstić information content (AvgIpc) is 2.73. The summed E-state index contributed by atoms with van der Waals surface area (Å²) in [7, 11) is 1.93. The third-order valence-corrected chi connectivity index (χ3v) is 2.18. The number of pyridine rings is 1. The van der Waals surface area contributed by atoms with E-state index in [4.69, 9.17) is 0 Å². The van der Waals surface area contributed by atoms with Crippen LogP contribution in [-0.2, 0) is 0 Å². The van der Waals surface area contributed by atoms with Crippen LogP contribution < -0.4 is 5.32 Å². The van der Waals surface area contributed by atoms with Crippen molar-refractivity contribution in [1.29, 1.82) is 0 Å². The summed E-state index contributed by atoms with van der Waals surface area (Å²) in [5.74, 6) is 6.29. The molecular weight excluding hydrogens is 186 g/mol. The number of rotatable bonds is 2. The Balaban J connectivity index is 2.26. The van der Waals surface area contributed by atoms with Gasteiger partial charge in [0.2, 0.25) is 0 Å². The van der Waals surface area contributed by atoms with Crippen molar-refractivity contribution in [2.45, 2.75) is 6.42 Å². The number of aromatic nitrogens is 2. The first-order chi connectivity index (χ1) is 7.42. The van der Waals surface area contributed by atoms with Crippen LogP contribution in [0.2, 0.25) is 0 Å². The Hall–Kier alpha value is -1.79. The van der Waals surface area contributed by atoms with Crippen molar-refractivity contribution in [2.75, 3.05) is 13.6 Å². The van der Waals surface area contributed by atoms with E-state index in [1.54, 1.807) is 6.20 Å². The molecule has 0 unspecified atom stereocenters. The molecule has 0 aliphatic carbocycles. The molecule has 2 aromatic rings. The first-order valence-corrected chi connectivity index (χ1v) is 4.97. The molecule has 0 radical (unpaired) electrons. The maximum Gasteiger partial charge on any atom is 0.138 e. The number of hydrogen-bond acceptors (Lipinski definition) is 2. The molecule has 0 saturated heterocycles. The first-order valence-electron chi connectivity index (χ1n) is 4.97. The molecule has 15 heavy (non-hydrogen) atoms. The fraction of sp³-hybridized carbons (Fsp3) is 0.250. The highest BCUT2D eigenvalue weighted by atomic mass is 14.8. The van der Waals surface area contributed by atoms with Gasteiger partial charge in [0.15, 0.2) is 0 Å². The van der Waals surface area contributed by atoms with Gasteiger partial charge in [-0.3, -0.25) is 0 Å². The van der Waals surface area contributed by atoms with Crippen molar-refractivity contribution in [2.24, 2.45) is 0 Å². The summed E-state index contributed by atoms with van der Waals surface area (Å²) >= 11 is 0. The Labute approximate surface area is 88.9 Å². The van der Waals surface area contributed by atoms with Crippen LogP contribution in [0.25, 0.3) is 11.0 Å². The van der Waals surface area contributed by atoms with Crippen molar-refractivity contribution < 1.29 is 0 Å². The van der Waals surface area contributed by atoms with Crippen LogP contribution in [0.4, 0.5) is 0 Å². The predicted octanol–water partition coefficient (Wildman–Crippen LogP) is 1.52. The molecule has 0 amide bonds. The Bertz CT molecular complexity index is 502. The first kappa shape index (κ1) is 9.75. The standard InChI is InChI=1S/C12H13N3/c1-13-7-3-2-4-10-5-8-14-12-11(10)6-9-15-12/h5-6,8-9,13H,3,7H2,1H3,(H,14,15). The van der Waals surface area contributed by atoms with E-state index < -0.39 is 0 Å². The zero-order chi connectivity index (χ0) is 10.5. The van der Waals surface area contributed by atoms with Crippen molar-refractivity contribution in [3.05, 3.63) is 30.1 Å². The SMILES string of the molecule is CNCCC#Cc1ccnc2[nH]ccc12. The van der Waals surface area contributed by atoms with Crippen molar-refractivity contribution in [3.63, 3.8) is 0 Å². The molecule has 0 aromatic carbocycles. The van der Waals surface area contributed by atoms with Gasteiger partial charge in [-0.05, 0) is 19.2 Å². The number of H-pyrrole nitrogens is 1. The van der Waals surface area contributed by atoms with Gasteiger partial charge in [0.05, 0.1) is 0 Å². The van der Waals surface area contributed by atoms with Crippen LogP contribution in [0.3, 0.4) is 0 Å². The summed E-state index contributed by atoms with van der Waals surface area (Å²) < 4.78 is 0. The molecular formula is C12H13N3. The molecule has 0 aliphatic heterocycles. The van der Waals surface area contributed by atoms with Crippen LogP contribution >= 0.6 is 0 Å². The predicted molar refractivity (Wildman–Crippen MR) is 61.5 cm³/mol. The lowest BCUT2D eigenvalue weighted by Gasteiger charge is -1.92.